The van der Waals surface area contributed by atoms with Gasteiger partial charge in [0.2, 0.25) is 0 Å². The SMILES string of the molecule is O=C1N[C@@H](c2ccc([N+](=O)[O-])cc2)C(=C(O)c2ccccc2)C1=O. The molecule has 0 aliphatic carbocycles. The molecule has 1 aliphatic heterocycles. The molecule has 1 atom stereocenters. The van der Waals surface area contributed by atoms with Crippen molar-refractivity contribution in [1.29, 1.82) is 0 Å². The number of aliphatic hydroxyl groups excluding tert-OH is 1. The van der Waals surface area contributed by atoms with Crippen LogP contribution in [0.15, 0.2) is 60.2 Å². The lowest BCUT2D eigenvalue weighted by atomic mass is 9.96. The maximum absolute atomic E-state index is 12.1. The van der Waals surface area contributed by atoms with Gasteiger partial charge in [-0.05, 0) is 17.7 Å². The molecule has 24 heavy (non-hydrogen) atoms. The number of nitrogens with one attached hydrogen (secondary N) is 1. The number of nitro groups is 1. The number of nitro benzene ring substituents is 1. The summed E-state index contributed by atoms with van der Waals surface area (Å²) in [5.41, 5.74) is 0.703. The van der Waals surface area contributed by atoms with Gasteiger partial charge in [0.1, 0.15) is 5.76 Å². The fourth-order valence-electron chi connectivity index (χ4n) is 2.56. The Balaban J connectivity index is 2.07. The summed E-state index contributed by atoms with van der Waals surface area (Å²) in [6.07, 6.45) is 0. The van der Waals surface area contributed by atoms with Gasteiger partial charge in [0.15, 0.2) is 0 Å². The molecule has 1 saturated heterocycles. The van der Waals surface area contributed by atoms with Crippen LogP contribution in [-0.2, 0) is 9.59 Å². The molecule has 2 aromatic carbocycles. The van der Waals surface area contributed by atoms with Crippen LogP contribution < -0.4 is 5.32 Å². The standard InChI is InChI=1S/C17H12N2O5/c20-15(11-4-2-1-3-5-11)13-14(18-17(22)16(13)21)10-6-8-12(9-7-10)19(23)24/h1-9,14,20H,(H,18,22)/t14-/m0/s1. The lowest BCUT2D eigenvalue weighted by Gasteiger charge is -2.13. The molecule has 1 amide bonds. The third kappa shape index (κ3) is 2.63. The van der Waals surface area contributed by atoms with Crippen molar-refractivity contribution in [2.75, 3.05) is 0 Å². The second-order valence-corrected chi connectivity index (χ2v) is 5.21. The Labute approximate surface area is 136 Å². The highest BCUT2D eigenvalue weighted by Crippen LogP contribution is 2.33. The first-order valence-electron chi connectivity index (χ1n) is 7.07. The second-order valence-electron chi connectivity index (χ2n) is 5.21. The summed E-state index contributed by atoms with van der Waals surface area (Å²) < 4.78 is 0. The quantitative estimate of drug-likeness (QED) is 0.296. The molecule has 2 N–H and O–H groups in total. The van der Waals surface area contributed by atoms with E-state index in [9.17, 15) is 24.8 Å². The van der Waals surface area contributed by atoms with E-state index in [1.54, 1.807) is 30.3 Å². The van der Waals surface area contributed by atoms with Gasteiger partial charge in [-0.3, -0.25) is 19.7 Å². The molecule has 7 heteroatoms. The van der Waals surface area contributed by atoms with Gasteiger partial charge in [-0.25, -0.2) is 0 Å². The molecule has 0 spiro atoms. The van der Waals surface area contributed by atoms with Crippen LogP contribution in [0.25, 0.3) is 5.76 Å². The van der Waals surface area contributed by atoms with Gasteiger partial charge < -0.3 is 10.4 Å². The van der Waals surface area contributed by atoms with Crippen molar-refractivity contribution in [2.45, 2.75) is 6.04 Å². The molecule has 3 rings (SSSR count). The van der Waals surface area contributed by atoms with E-state index in [-0.39, 0.29) is 17.0 Å². The minimum absolute atomic E-state index is 0.0694. The van der Waals surface area contributed by atoms with Crippen LogP contribution in [0.3, 0.4) is 0 Å². The number of nitrogens with zero attached hydrogens (tertiary/aromatic N) is 1. The number of benzene rings is 2. The normalized spacial score (nSPS) is 19.1. The minimum atomic E-state index is -0.856. The van der Waals surface area contributed by atoms with Crippen molar-refractivity contribution >= 4 is 23.1 Å². The number of amides is 1. The molecule has 7 nitrogen and oxygen atoms in total. The van der Waals surface area contributed by atoms with Gasteiger partial charge in [0.05, 0.1) is 16.5 Å². The van der Waals surface area contributed by atoms with Crippen LogP contribution in [0.2, 0.25) is 0 Å². The molecular formula is C17H12N2O5. The van der Waals surface area contributed by atoms with Gasteiger partial charge >= 0.3 is 0 Å². The average molecular weight is 324 g/mol. The number of carbonyl (C=O) groups is 2. The largest absolute Gasteiger partial charge is 0.507 e. The smallest absolute Gasteiger partial charge is 0.293 e. The first kappa shape index (κ1) is 15.4. The number of aliphatic hydroxyl groups is 1. The highest BCUT2D eigenvalue weighted by atomic mass is 16.6. The third-order valence-electron chi connectivity index (χ3n) is 3.75. The van der Waals surface area contributed by atoms with Crippen LogP contribution >= 0.6 is 0 Å². The van der Waals surface area contributed by atoms with E-state index in [1.165, 1.54) is 24.3 Å². The Morgan fingerprint density at radius 1 is 1.04 bits per heavy atom. The monoisotopic (exact) mass is 324 g/mol. The summed E-state index contributed by atoms with van der Waals surface area (Å²) >= 11 is 0. The summed E-state index contributed by atoms with van der Waals surface area (Å²) in [5.74, 6) is -1.93. The number of non-ortho nitro benzene ring substituents is 1. The van der Waals surface area contributed by atoms with Crippen LogP contribution in [0, 0.1) is 10.1 Å². The molecule has 0 saturated carbocycles. The van der Waals surface area contributed by atoms with Gasteiger partial charge in [0, 0.05) is 17.7 Å². The van der Waals surface area contributed by atoms with Crippen molar-refractivity contribution in [2.24, 2.45) is 0 Å². The van der Waals surface area contributed by atoms with E-state index in [4.69, 9.17) is 0 Å². The molecule has 1 aliphatic rings. The average Bonchev–Trinajstić information content (AvgIpc) is 2.90. The third-order valence-corrected chi connectivity index (χ3v) is 3.75. The first-order valence-corrected chi connectivity index (χ1v) is 7.07. The number of hydrogen-bond donors (Lipinski definition) is 2. The second kappa shape index (κ2) is 5.96. The van der Waals surface area contributed by atoms with Crippen molar-refractivity contribution < 1.29 is 19.6 Å². The fraction of sp³-hybridized carbons (Fsp3) is 0.0588. The van der Waals surface area contributed by atoms with Gasteiger partial charge in [-0.2, -0.15) is 0 Å². The van der Waals surface area contributed by atoms with Crippen LogP contribution in [-0.4, -0.2) is 21.7 Å². The lowest BCUT2D eigenvalue weighted by Crippen LogP contribution is -2.21. The summed E-state index contributed by atoms with van der Waals surface area (Å²) in [5, 5.41) is 23.7. The zero-order valence-electron chi connectivity index (χ0n) is 12.3. The number of carbonyl (C=O) groups excluding carboxylic acids is 2. The van der Waals surface area contributed by atoms with E-state index in [2.05, 4.69) is 5.32 Å². The minimum Gasteiger partial charge on any atom is -0.507 e. The number of rotatable bonds is 3. The summed E-state index contributed by atoms with van der Waals surface area (Å²) in [7, 11) is 0. The highest BCUT2D eigenvalue weighted by molar-refractivity contribution is 6.46. The van der Waals surface area contributed by atoms with E-state index in [0.29, 0.717) is 11.1 Å². The molecule has 0 aromatic heterocycles. The molecule has 0 radical (unpaired) electrons. The van der Waals surface area contributed by atoms with Crippen molar-refractivity contribution in [3.05, 3.63) is 81.4 Å². The van der Waals surface area contributed by atoms with Crippen LogP contribution in [0.1, 0.15) is 17.2 Å². The molecule has 1 heterocycles. The Morgan fingerprint density at radius 3 is 2.25 bits per heavy atom. The number of Topliss-reactive ketones (excluding diaryl/α,β-unsaturated/α-hetero) is 1. The number of ketones is 1. The van der Waals surface area contributed by atoms with Crippen molar-refractivity contribution in [3.63, 3.8) is 0 Å². The predicted molar refractivity (Wildman–Crippen MR) is 85.0 cm³/mol. The molecule has 1 fully saturated rings. The predicted octanol–water partition coefficient (Wildman–Crippen LogP) is 2.30. The van der Waals surface area contributed by atoms with Crippen LogP contribution in [0.5, 0.6) is 0 Å². The molecule has 0 bridgehead atoms. The zero-order valence-corrected chi connectivity index (χ0v) is 12.3. The van der Waals surface area contributed by atoms with Gasteiger partial charge in [0.25, 0.3) is 17.4 Å². The van der Waals surface area contributed by atoms with Crippen molar-refractivity contribution in [3.8, 4) is 0 Å². The summed E-state index contributed by atoms with van der Waals surface area (Å²) in [6, 6.07) is 13.0. The van der Waals surface area contributed by atoms with Gasteiger partial charge in [-0.1, -0.05) is 30.3 Å². The van der Waals surface area contributed by atoms with E-state index in [1.807, 2.05) is 0 Å². The number of hydrogen-bond acceptors (Lipinski definition) is 5. The van der Waals surface area contributed by atoms with E-state index >= 15 is 0 Å². The maximum atomic E-state index is 12.1. The van der Waals surface area contributed by atoms with Gasteiger partial charge in [-0.15, -0.1) is 0 Å². The van der Waals surface area contributed by atoms with E-state index < -0.39 is 22.7 Å². The fourth-order valence-corrected chi connectivity index (χ4v) is 2.56. The summed E-state index contributed by atoms with van der Waals surface area (Å²) in [4.78, 5) is 34.1. The van der Waals surface area contributed by atoms with Crippen LogP contribution in [0.4, 0.5) is 5.69 Å². The van der Waals surface area contributed by atoms with E-state index in [0.717, 1.165) is 0 Å². The van der Waals surface area contributed by atoms with Crippen molar-refractivity contribution in [1.82, 2.24) is 5.32 Å². The first-order chi connectivity index (χ1) is 11.5. The molecule has 120 valence electrons. The summed E-state index contributed by atoms with van der Waals surface area (Å²) in [6.45, 7) is 0. The Bertz CT molecular complexity index is 856. The maximum Gasteiger partial charge on any atom is 0.293 e. The lowest BCUT2D eigenvalue weighted by molar-refractivity contribution is -0.384. The Kier molecular flexibility index (Phi) is 3.83. The molecule has 2 aromatic rings. The highest BCUT2D eigenvalue weighted by Gasteiger charge is 2.39. The molecular weight excluding hydrogens is 312 g/mol. The zero-order chi connectivity index (χ0) is 17.3. The Hall–Kier alpha value is -3.48. The topological polar surface area (TPSA) is 110 Å². The molecule has 0 unspecified atom stereocenters. The Morgan fingerprint density at radius 2 is 1.67 bits per heavy atom.